The van der Waals surface area contributed by atoms with Crippen LogP contribution in [0, 0.1) is 11.8 Å². The lowest BCUT2D eigenvalue weighted by atomic mass is 10.3. The van der Waals surface area contributed by atoms with Crippen LogP contribution in [0.2, 0.25) is 0 Å². The first-order valence-electron chi connectivity index (χ1n) is 6.81. The molecule has 2 heterocycles. The van der Waals surface area contributed by atoms with Crippen molar-refractivity contribution in [2.45, 2.75) is 32.3 Å². The molecule has 19 heavy (non-hydrogen) atoms. The molecule has 1 amide bonds. The summed E-state index contributed by atoms with van der Waals surface area (Å²) in [6.07, 6.45) is 2.50. The number of nitrogens with zero attached hydrogens (tertiary/aromatic N) is 2. The highest BCUT2D eigenvalue weighted by molar-refractivity contribution is 5.85. The van der Waals surface area contributed by atoms with E-state index >= 15 is 0 Å². The van der Waals surface area contributed by atoms with Crippen LogP contribution in [0.4, 0.5) is 0 Å². The second kappa shape index (κ2) is 6.58. The van der Waals surface area contributed by atoms with Crippen LogP contribution in [0.3, 0.4) is 0 Å². The van der Waals surface area contributed by atoms with Crippen molar-refractivity contribution in [3.63, 3.8) is 0 Å². The lowest BCUT2D eigenvalue weighted by Gasteiger charge is -2.13. The van der Waals surface area contributed by atoms with Gasteiger partial charge in [0.05, 0.1) is 13.1 Å². The van der Waals surface area contributed by atoms with Crippen molar-refractivity contribution in [2.75, 3.05) is 32.7 Å². The minimum atomic E-state index is -0.599. The van der Waals surface area contributed by atoms with Gasteiger partial charge in [0.2, 0.25) is 0 Å². The smallest absolute Gasteiger partial charge is 0.303 e. The molecule has 0 radical (unpaired) electrons. The van der Waals surface area contributed by atoms with Gasteiger partial charge in [0, 0.05) is 19.9 Å². The summed E-state index contributed by atoms with van der Waals surface area (Å²) < 4.78 is 4.95. The van der Waals surface area contributed by atoms with Gasteiger partial charge < -0.3 is 9.64 Å². The lowest BCUT2D eigenvalue weighted by Crippen LogP contribution is -2.32. The zero-order chi connectivity index (χ0) is 13.7. The third kappa shape index (κ3) is 3.97. The van der Waals surface area contributed by atoms with Crippen LogP contribution in [0.1, 0.15) is 26.2 Å². The molecule has 0 spiro atoms. The molecule has 5 nitrogen and oxygen atoms in total. The first-order valence-corrected chi connectivity index (χ1v) is 6.81. The highest BCUT2D eigenvalue weighted by Gasteiger charge is 2.33. The molecule has 0 N–H and O–H groups in total. The van der Waals surface area contributed by atoms with Crippen molar-refractivity contribution < 1.29 is 14.3 Å². The maximum absolute atomic E-state index is 11.9. The van der Waals surface area contributed by atoms with Crippen molar-refractivity contribution in [3.05, 3.63) is 0 Å². The quantitative estimate of drug-likeness (QED) is 0.541. The maximum Gasteiger partial charge on any atom is 0.303 e. The van der Waals surface area contributed by atoms with E-state index in [2.05, 4.69) is 16.7 Å². The molecule has 1 unspecified atom stereocenters. The van der Waals surface area contributed by atoms with E-state index in [0.717, 1.165) is 19.6 Å². The van der Waals surface area contributed by atoms with Gasteiger partial charge in [-0.25, -0.2) is 0 Å². The Labute approximate surface area is 113 Å². The van der Waals surface area contributed by atoms with Crippen LogP contribution in [0.5, 0.6) is 0 Å². The van der Waals surface area contributed by atoms with E-state index in [0.29, 0.717) is 19.5 Å². The monoisotopic (exact) mass is 264 g/mol. The normalized spacial score (nSPS) is 23.3. The van der Waals surface area contributed by atoms with E-state index in [1.165, 1.54) is 19.8 Å². The predicted octanol–water partition coefficient (Wildman–Crippen LogP) is 0.250. The molecular weight excluding hydrogens is 244 g/mol. The van der Waals surface area contributed by atoms with Gasteiger partial charge in [0.15, 0.2) is 6.10 Å². The molecule has 2 rings (SSSR count). The fourth-order valence-corrected chi connectivity index (χ4v) is 2.44. The van der Waals surface area contributed by atoms with Crippen molar-refractivity contribution in [1.29, 1.82) is 0 Å². The second-order valence-corrected chi connectivity index (χ2v) is 4.98. The van der Waals surface area contributed by atoms with Crippen molar-refractivity contribution in [2.24, 2.45) is 0 Å². The number of rotatable bonds is 3. The third-order valence-corrected chi connectivity index (χ3v) is 3.45. The number of ether oxygens (including phenoxy) is 1. The Balaban J connectivity index is 1.73. The molecule has 2 fully saturated rings. The Morgan fingerprint density at radius 2 is 1.95 bits per heavy atom. The minimum absolute atomic E-state index is 0.120. The molecule has 1 atom stereocenters. The molecule has 0 aromatic rings. The molecule has 2 aliphatic rings. The molecule has 0 aromatic carbocycles. The molecule has 0 aliphatic carbocycles. The van der Waals surface area contributed by atoms with Crippen molar-refractivity contribution in [1.82, 2.24) is 9.80 Å². The average molecular weight is 264 g/mol. The standard InChI is InChI=1S/C14H20N2O3/c1-12(17)19-13-6-11-16(14(13)18)10-5-4-9-15-7-2-3-8-15/h13H,2-3,6-11H2,1H3. The van der Waals surface area contributed by atoms with E-state index in [4.69, 9.17) is 4.74 Å². The van der Waals surface area contributed by atoms with Crippen LogP contribution >= 0.6 is 0 Å². The van der Waals surface area contributed by atoms with E-state index < -0.39 is 12.1 Å². The summed E-state index contributed by atoms with van der Waals surface area (Å²) in [4.78, 5) is 26.7. The summed E-state index contributed by atoms with van der Waals surface area (Å²) >= 11 is 0. The number of hydrogen-bond acceptors (Lipinski definition) is 4. The van der Waals surface area contributed by atoms with E-state index in [1.54, 1.807) is 4.90 Å². The largest absolute Gasteiger partial charge is 0.452 e. The van der Waals surface area contributed by atoms with Crippen molar-refractivity contribution in [3.8, 4) is 11.8 Å². The van der Waals surface area contributed by atoms with E-state index in [1.807, 2.05) is 0 Å². The zero-order valence-corrected chi connectivity index (χ0v) is 11.4. The summed E-state index contributed by atoms with van der Waals surface area (Å²) in [5, 5.41) is 0. The summed E-state index contributed by atoms with van der Waals surface area (Å²) in [6.45, 7) is 5.43. The Hall–Kier alpha value is -1.54. The molecule has 0 aromatic heterocycles. The average Bonchev–Trinajstić information content (AvgIpc) is 2.98. The molecule has 104 valence electrons. The molecule has 2 saturated heterocycles. The van der Waals surface area contributed by atoms with Gasteiger partial charge in [-0.1, -0.05) is 11.8 Å². The maximum atomic E-state index is 11.9. The topological polar surface area (TPSA) is 49.9 Å². The molecular formula is C14H20N2O3. The second-order valence-electron chi connectivity index (χ2n) is 4.98. The van der Waals surface area contributed by atoms with Gasteiger partial charge in [0.25, 0.3) is 5.91 Å². The van der Waals surface area contributed by atoms with Gasteiger partial charge in [-0.05, 0) is 25.9 Å². The minimum Gasteiger partial charge on any atom is -0.452 e. The van der Waals surface area contributed by atoms with Gasteiger partial charge in [0.1, 0.15) is 0 Å². The van der Waals surface area contributed by atoms with Gasteiger partial charge in [-0.3, -0.25) is 14.5 Å². The molecule has 0 bridgehead atoms. The van der Waals surface area contributed by atoms with E-state index in [-0.39, 0.29) is 5.91 Å². The highest BCUT2D eigenvalue weighted by atomic mass is 16.5. The Bertz CT molecular complexity index is 405. The third-order valence-electron chi connectivity index (χ3n) is 3.45. The Morgan fingerprint density at radius 3 is 2.63 bits per heavy atom. The van der Waals surface area contributed by atoms with Gasteiger partial charge >= 0.3 is 5.97 Å². The van der Waals surface area contributed by atoms with Crippen LogP contribution in [0.25, 0.3) is 0 Å². The van der Waals surface area contributed by atoms with Crippen LogP contribution in [0.15, 0.2) is 0 Å². The number of amides is 1. The lowest BCUT2D eigenvalue weighted by molar-refractivity contribution is -0.154. The number of carbonyl (C=O) groups is 2. The summed E-state index contributed by atoms with van der Waals surface area (Å²) in [5.41, 5.74) is 0. The highest BCUT2D eigenvalue weighted by Crippen LogP contribution is 2.14. The van der Waals surface area contributed by atoms with Crippen LogP contribution < -0.4 is 0 Å². The summed E-state index contributed by atoms with van der Waals surface area (Å²) in [6, 6.07) is 0. The van der Waals surface area contributed by atoms with Crippen molar-refractivity contribution >= 4 is 11.9 Å². The van der Waals surface area contributed by atoms with Crippen LogP contribution in [-0.2, 0) is 14.3 Å². The molecule has 2 aliphatic heterocycles. The predicted molar refractivity (Wildman–Crippen MR) is 70.2 cm³/mol. The van der Waals surface area contributed by atoms with Crippen LogP contribution in [-0.4, -0.2) is 60.5 Å². The fraction of sp³-hybridized carbons (Fsp3) is 0.714. The number of likely N-dealkylation sites (tertiary alicyclic amines) is 2. The zero-order valence-electron chi connectivity index (χ0n) is 11.4. The van der Waals surface area contributed by atoms with Gasteiger partial charge in [-0.2, -0.15) is 0 Å². The summed E-state index contributed by atoms with van der Waals surface area (Å²) in [5.74, 6) is 5.61. The van der Waals surface area contributed by atoms with Gasteiger partial charge in [-0.15, -0.1) is 0 Å². The molecule has 5 heteroatoms. The Morgan fingerprint density at radius 1 is 1.26 bits per heavy atom. The first-order chi connectivity index (χ1) is 9.16. The number of hydrogen-bond donors (Lipinski definition) is 0. The summed E-state index contributed by atoms with van der Waals surface area (Å²) in [7, 11) is 0. The Kier molecular flexibility index (Phi) is 4.80. The number of carbonyl (C=O) groups excluding carboxylic acids is 2. The first kappa shape index (κ1) is 13.9. The molecule has 0 saturated carbocycles. The number of esters is 1. The SMILES string of the molecule is CC(=O)OC1CCN(CC#CCN2CCCC2)C1=O. The van der Waals surface area contributed by atoms with E-state index in [9.17, 15) is 9.59 Å². The fourth-order valence-electron chi connectivity index (χ4n) is 2.44.